The molecule has 0 aliphatic heterocycles. The molecule has 0 N–H and O–H groups in total. The molecule has 0 radical (unpaired) electrons. The van der Waals surface area contributed by atoms with E-state index in [1.807, 2.05) is 97.1 Å². The number of carbonyl (C=O) groups excluding carboxylic acids is 1. The van der Waals surface area contributed by atoms with E-state index < -0.39 is 0 Å². The van der Waals surface area contributed by atoms with Gasteiger partial charge in [-0.15, -0.1) is 0 Å². The van der Waals surface area contributed by atoms with Crippen LogP contribution in [0.15, 0.2) is 109 Å². The molecule has 0 aromatic heterocycles. The predicted molar refractivity (Wildman–Crippen MR) is 114 cm³/mol. The first-order chi connectivity index (χ1) is 14.3. The maximum atomic E-state index is 12.5. The van der Waals surface area contributed by atoms with Gasteiger partial charge in [-0.05, 0) is 42.5 Å². The quantitative estimate of drug-likeness (QED) is 0.354. The summed E-state index contributed by atoms with van der Waals surface area (Å²) in [5.41, 5.74) is 2.25. The molecule has 4 aromatic rings. The fourth-order valence-corrected chi connectivity index (χ4v) is 2.96. The van der Waals surface area contributed by atoms with E-state index in [1.165, 1.54) is 0 Å². The van der Waals surface area contributed by atoms with Crippen molar-refractivity contribution in [1.82, 2.24) is 0 Å². The summed E-state index contributed by atoms with van der Waals surface area (Å²) in [6, 6.07) is 33.9. The van der Waals surface area contributed by atoms with Crippen molar-refractivity contribution in [2.75, 3.05) is 0 Å². The number of hydrogen-bond acceptors (Lipinski definition) is 3. The molecule has 4 aromatic carbocycles. The normalized spacial score (nSPS) is 10.3. The van der Waals surface area contributed by atoms with Gasteiger partial charge in [0.2, 0.25) is 0 Å². The lowest BCUT2D eigenvalue weighted by Crippen LogP contribution is -2.01. The molecule has 142 valence electrons. The van der Waals surface area contributed by atoms with E-state index in [1.54, 1.807) is 12.1 Å². The van der Waals surface area contributed by atoms with Crippen molar-refractivity contribution in [2.45, 2.75) is 6.61 Å². The molecule has 0 amide bonds. The smallest absolute Gasteiger partial charge is 0.193 e. The van der Waals surface area contributed by atoms with Crippen LogP contribution in [-0.4, -0.2) is 5.78 Å². The van der Waals surface area contributed by atoms with Crippen molar-refractivity contribution in [3.8, 4) is 17.2 Å². The number of ether oxygens (including phenoxy) is 2. The molecule has 0 saturated heterocycles. The van der Waals surface area contributed by atoms with Crippen LogP contribution in [0.3, 0.4) is 0 Å². The maximum Gasteiger partial charge on any atom is 0.193 e. The van der Waals surface area contributed by atoms with Gasteiger partial charge in [-0.1, -0.05) is 66.7 Å². The summed E-state index contributed by atoms with van der Waals surface area (Å²) < 4.78 is 11.9. The minimum absolute atomic E-state index is 0.00115. The first-order valence-corrected chi connectivity index (χ1v) is 9.43. The third kappa shape index (κ3) is 4.71. The highest BCUT2D eigenvalue weighted by Gasteiger charge is 2.09. The van der Waals surface area contributed by atoms with Gasteiger partial charge in [0.15, 0.2) is 5.78 Å². The average Bonchev–Trinajstić information content (AvgIpc) is 2.80. The molecular weight excluding hydrogens is 360 g/mol. The van der Waals surface area contributed by atoms with Gasteiger partial charge in [0.25, 0.3) is 0 Å². The molecule has 0 heterocycles. The lowest BCUT2D eigenvalue weighted by molar-refractivity contribution is 0.103. The monoisotopic (exact) mass is 380 g/mol. The average molecular weight is 380 g/mol. The second kappa shape index (κ2) is 8.89. The minimum Gasteiger partial charge on any atom is -0.489 e. The number of rotatable bonds is 7. The van der Waals surface area contributed by atoms with Gasteiger partial charge in [-0.2, -0.15) is 0 Å². The summed E-state index contributed by atoms with van der Waals surface area (Å²) >= 11 is 0. The Morgan fingerprint density at radius 1 is 0.586 bits per heavy atom. The predicted octanol–water partition coefficient (Wildman–Crippen LogP) is 6.29. The van der Waals surface area contributed by atoms with Crippen LogP contribution in [0.5, 0.6) is 17.2 Å². The largest absolute Gasteiger partial charge is 0.489 e. The summed E-state index contributed by atoms with van der Waals surface area (Å²) in [7, 11) is 0. The van der Waals surface area contributed by atoms with E-state index in [0.717, 1.165) is 17.1 Å². The maximum absolute atomic E-state index is 12.5. The number of ketones is 1. The Bertz CT molecular complexity index is 1070. The van der Waals surface area contributed by atoms with Crippen LogP contribution < -0.4 is 9.47 Å². The second-order valence-corrected chi connectivity index (χ2v) is 6.53. The Kier molecular flexibility index (Phi) is 5.68. The standard InChI is InChI=1S/C26H20O3/c27-26(20-9-3-1-4-10-20)21-15-17-23(18-16-21)28-19-22-11-7-8-14-25(22)29-24-12-5-2-6-13-24/h1-18H,19H2. The molecule has 0 spiro atoms. The lowest BCUT2D eigenvalue weighted by Gasteiger charge is -2.12. The van der Waals surface area contributed by atoms with Gasteiger partial charge in [-0.3, -0.25) is 4.79 Å². The van der Waals surface area contributed by atoms with Crippen LogP contribution in [0.25, 0.3) is 0 Å². The summed E-state index contributed by atoms with van der Waals surface area (Å²) in [6.07, 6.45) is 0. The van der Waals surface area contributed by atoms with E-state index in [-0.39, 0.29) is 5.78 Å². The van der Waals surface area contributed by atoms with Crippen LogP contribution in [0.4, 0.5) is 0 Å². The van der Waals surface area contributed by atoms with Crippen LogP contribution in [-0.2, 0) is 6.61 Å². The van der Waals surface area contributed by atoms with E-state index >= 15 is 0 Å². The van der Waals surface area contributed by atoms with Crippen molar-refractivity contribution in [2.24, 2.45) is 0 Å². The Morgan fingerprint density at radius 2 is 1.17 bits per heavy atom. The first-order valence-electron chi connectivity index (χ1n) is 9.43. The molecule has 0 aliphatic carbocycles. The fraction of sp³-hybridized carbons (Fsp3) is 0.0385. The van der Waals surface area contributed by atoms with Gasteiger partial charge in [-0.25, -0.2) is 0 Å². The second-order valence-electron chi connectivity index (χ2n) is 6.53. The molecule has 3 heteroatoms. The molecular formula is C26H20O3. The molecule has 4 rings (SSSR count). The van der Waals surface area contributed by atoms with E-state index in [0.29, 0.717) is 23.5 Å². The summed E-state index contributed by atoms with van der Waals surface area (Å²) in [5.74, 6) is 2.24. The number of benzene rings is 4. The highest BCUT2D eigenvalue weighted by molar-refractivity contribution is 6.08. The van der Waals surface area contributed by atoms with Gasteiger partial charge in [0, 0.05) is 16.7 Å². The summed E-state index contributed by atoms with van der Waals surface area (Å²) in [4.78, 5) is 12.5. The first kappa shape index (κ1) is 18.5. The third-order valence-electron chi connectivity index (χ3n) is 4.49. The highest BCUT2D eigenvalue weighted by Crippen LogP contribution is 2.26. The zero-order chi connectivity index (χ0) is 19.9. The molecule has 0 unspecified atom stereocenters. The summed E-state index contributed by atoms with van der Waals surface area (Å²) in [5, 5.41) is 0. The molecule has 0 atom stereocenters. The van der Waals surface area contributed by atoms with Crippen molar-refractivity contribution in [3.63, 3.8) is 0 Å². The highest BCUT2D eigenvalue weighted by atomic mass is 16.5. The van der Waals surface area contributed by atoms with Gasteiger partial charge in [0.1, 0.15) is 23.9 Å². The lowest BCUT2D eigenvalue weighted by atomic mass is 10.0. The van der Waals surface area contributed by atoms with Crippen LogP contribution >= 0.6 is 0 Å². The van der Waals surface area contributed by atoms with Gasteiger partial charge >= 0.3 is 0 Å². The van der Waals surface area contributed by atoms with Crippen molar-refractivity contribution < 1.29 is 14.3 Å². The van der Waals surface area contributed by atoms with E-state index in [9.17, 15) is 4.79 Å². The number of hydrogen-bond donors (Lipinski definition) is 0. The van der Waals surface area contributed by atoms with E-state index in [4.69, 9.17) is 9.47 Å². The van der Waals surface area contributed by atoms with Crippen LogP contribution in [0.2, 0.25) is 0 Å². The Balaban J connectivity index is 1.43. The van der Waals surface area contributed by atoms with Gasteiger partial charge < -0.3 is 9.47 Å². The minimum atomic E-state index is -0.00115. The topological polar surface area (TPSA) is 35.5 Å². The zero-order valence-electron chi connectivity index (χ0n) is 15.8. The van der Waals surface area contributed by atoms with Gasteiger partial charge in [0.05, 0.1) is 0 Å². The number of para-hydroxylation sites is 2. The number of carbonyl (C=O) groups is 1. The summed E-state index contributed by atoms with van der Waals surface area (Å²) in [6.45, 7) is 0.370. The molecule has 0 aliphatic rings. The molecule has 29 heavy (non-hydrogen) atoms. The SMILES string of the molecule is O=C(c1ccccc1)c1ccc(OCc2ccccc2Oc2ccccc2)cc1. The van der Waals surface area contributed by atoms with Crippen molar-refractivity contribution in [1.29, 1.82) is 0 Å². The van der Waals surface area contributed by atoms with Crippen LogP contribution in [0.1, 0.15) is 21.5 Å². The fourth-order valence-electron chi connectivity index (χ4n) is 2.96. The molecule has 3 nitrogen and oxygen atoms in total. The van der Waals surface area contributed by atoms with E-state index in [2.05, 4.69) is 0 Å². The Morgan fingerprint density at radius 3 is 1.90 bits per heavy atom. The zero-order valence-corrected chi connectivity index (χ0v) is 15.8. The molecule has 0 fully saturated rings. The Hall–Kier alpha value is -3.85. The van der Waals surface area contributed by atoms with Crippen LogP contribution in [0, 0.1) is 0 Å². The van der Waals surface area contributed by atoms with Crippen molar-refractivity contribution in [3.05, 3.63) is 126 Å². The Labute approximate surface area is 170 Å². The third-order valence-corrected chi connectivity index (χ3v) is 4.49. The molecule has 0 saturated carbocycles. The van der Waals surface area contributed by atoms with Crippen molar-refractivity contribution >= 4 is 5.78 Å². The molecule has 0 bridgehead atoms.